The van der Waals surface area contributed by atoms with E-state index in [9.17, 15) is 4.79 Å². The number of halogens is 3. The zero-order chi connectivity index (χ0) is 16.1. The van der Waals surface area contributed by atoms with E-state index in [0.717, 1.165) is 11.6 Å². The predicted octanol–water partition coefficient (Wildman–Crippen LogP) is 5.32. The van der Waals surface area contributed by atoms with Crippen molar-refractivity contribution in [3.05, 3.63) is 68.7 Å². The highest BCUT2D eigenvalue weighted by atomic mass is 35.5. The zero-order valence-electron chi connectivity index (χ0n) is 11.2. The maximum absolute atomic E-state index is 10.5. The monoisotopic (exact) mass is 356 g/mol. The number of carboxylic acids is 1. The second-order valence-corrected chi connectivity index (χ2v) is 5.65. The number of rotatable bonds is 5. The molecule has 0 aromatic heterocycles. The van der Waals surface area contributed by atoms with Crippen LogP contribution >= 0.6 is 34.8 Å². The van der Waals surface area contributed by atoms with Crippen LogP contribution in [-0.2, 0) is 11.4 Å². The van der Waals surface area contributed by atoms with E-state index >= 15 is 0 Å². The van der Waals surface area contributed by atoms with Gasteiger partial charge in [0, 0.05) is 11.1 Å². The molecule has 0 saturated carbocycles. The van der Waals surface area contributed by atoms with E-state index in [0.29, 0.717) is 33.0 Å². The molecule has 0 aliphatic rings. The SMILES string of the molecule is O=C(O)C=Cc1cc(Cl)c(OCc2ccc(Cl)cc2)c(Cl)c1. The standard InChI is InChI=1S/C16H11Cl3O3/c17-12-4-1-10(2-5-12)9-22-16-13(18)7-11(8-14(16)19)3-6-15(20)21/h1-8H,9H2,(H,20,21). The quantitative estimate of drug-likeness (QED) is 0.736. The molecular formula is C16H11Cl3O3. The first-order chi connectivity index (χ1) is 10.5. The Morgan fingerprint density at radius 3 is 2.23 bits per heavy atom. The number of hydrogen-bond donors (Lipinski definition) is 1. The fourth-order valence-corrected chi connectivity index (χ4v) is 2.46. The topological polar surface area (TPSA) is 46.5 Å². The van der Waals surface area contributed by atoms with Gasteiger partial charge >= 0.3 is 5.97 Å². The molecule has 2 rings (SSSR count). The summed E-state index contributed by atoms with van der Waals surface area (Å²) in [5, 5.41) is 9.88. The van der Waals surface area contributed by atoms with Crippen LogP contribution in [0.2, 0.25) is 15.1 Å². The molecule has 0 bridgehead atoms. The normalized spacial score (nSPS) is 10.9. The molecule has 2 aromatic carbocycles. The van der Waals surface area contributed by atoms with Crippen LogP contribution in [0.3, 0.4) is 0 Å². The van der Waals surface area contributed by atoms with Crippen LogP contribution in [0.5, 0.6) is 5.75 Å². The Balaban J connectivity index is 2.14. The van der Waals surface area contributed by atoms with E-state index in [1.165, 1.54) is 6.08 Å². The first kappa shape index (κ1) is 16.7. The highest BCUT2D eigenvalue weighted by molar-refractivity contribution is 6.37. The van der Waals surface area contributed by atoms with Crippen molar-refractivity contribution in [2.75, 3.05) is 0 Å². The van der Waals surface area contributed by atoms with Gasteiger partial charge in [0.1, 0.15) is 6.61 Å². The maximum Gasteiger partial charge on any atom is 0.328 e. The van der Waals surface area contributed by atoms with Crippen LogP contribution in [0.25, 0.3) is 6.08 Å². The lowest BCUT2D eigenvalue weighted by atomic mass is 10.2. The van der Waals surface area contributed by atoms with Gasteiger partial charge in [-0.25, -0.2) is 4.79 Å². The number of carboxylic acid groups (broad SMARTS) is 1. The number of benzene rings is 2. The number of carbonyl (C=O) groups is 1. The van der Waals surface area contributed by atoms with Crippen LogP contribution < -0.4 is 4.74 Å². The molecule has 2 aromatic rings. The Labute approximate surface area is 142 Å². The van der Waals surface area contributed by atoms with Gasteiger partial charge in [0.15, 0.2) is 5.75 Å². The third-order valence-corrected chi connectivity index (χ3v) is 3.55. The molecule has 1 N–H and O–H groups in total. The molecule has 0 radical (unpaired) electrons. The Morgan fingerprint density at radius 1 is 1.09 bits per heavy atom. The van der Waals surface area contributed by atoms with Crippen molar-refractivity contribution in [2.45, 2.75) is 6.61 Å². The molecule has 22 heavy (non-hydrogen) atoms. The second-order valence-electron chi connectivity index (χ2n) is 4.40. The van der Waals surface area contributed by atoms with Crippen LogP contribution in [0.1, 0.15) is 11.1 Å². The van der Waals surface area contributed by atoms with Crippen molar-refractivity contribution in [1.82, 2.24) is 0 Å². The van der Waals surface area contributed by atoms with Crippen molar-refractivity contribution in [2.24, 2.45) is 0 Å². The van der Waals surface area contributed by atoms with Crippen molar-refractivity contribution in [1.29, 1.82) is 0 Å². The summed E-state index contributed by atoms with van der Waals surface area (Å²) in [6.45, 7) is 0.293. The third-order valence-electron chi connectivity index (χ3n) is 2.74. The van der Waals surface area contributed by atoms with Crippen molar-refractivity contribution in [3.63, 3.8) is 0 Å². The average Bonchev–Trinajstić information content (AvgIpc) is 2.46. The van der Waals surface area contributed by atoms with E-state index in [1.807, 2.05) is 12.1 Å². The van der Waals surface area contributed by atoms with E-state index in [4.69, 9.17) is 44.6 Å². The summed E-state index contributed by atoms with van der Waals surface area (Å²) in [4.78, 5) is 10.5. The summed E-state index contributed by atoms with van der Waals surface area (Å²) in [5.74, 6) is -0.693. The van der Waals surface area contributed by atoms with Gasteiger partial charge in [-0.3, -0.25) is 0 Å². The molecule has 0 unspecified atom stereocenters. The number of hydrogen-bond acceptors (Lipinski definition) is 2. The molecule has 0 aliphatic carbocycles. The molecule has 0 atom stereocenters. The second kappa shape index (κ2) is 7.54. The summed E-state index contributed by atoms with van der Waals surface area (Å²) in [6.07, 6.45) is 2.42. The highest BCUT2D eigenvalue weighted by Crippen LogP contribution is 2.35. The van der Waals surface area contributed by atoms with Gasteiger partial charge in [0.05, 0.1) is 10.0 Å². The fraction of sp³-hybridized carbons (Fsp3) is 0.0625. The van der Waals surface area contributed by atoms with Gasteiger partial charge in [-0.1, -0.05) is 46.9 Å². The molecule has 3 nitrogen and oxygen atoms in total. The Kier molecular flexibility index (Phi) is 5.72. The zero-order valence-corrected chi connectivity index (χ0v) is 13.5. The number of ether oxygens (including phenoxy) is 1. The van der Waals surface area contributed by atoms with E-state index in [1.54, 1.807) is 24.3 Å². The smallest absolute Gasteiger partial charge is 0.328 e. The van der Waals surface area contributed by atoms with Crippen molar-refractivity contribution < 1.29 is 14.6 Å². The number of aliphatic carboxylic acids is 1. The molecule has 0 spiro atoms. The first-order valence-electron chi connectivity index (χ1n) is 6.23. The molecule has 0 heterocycles. The lowest BCUT2D eigenvalue weighted by Gasteiger charge is -2.11. The molecule has 0 saturated heterocycles. The summed E-state index contributed by atoms with van der Waals surface area (Å²) >= 11 is 18.1. The minimum Gasteiger partial charge on any atom is -0.486 e. The minimum atomic E-state index is -1.05. The first-order valence-corrected chi connectivity index (χ1v) is 7.36. The van der Waals surface area contributed by atoms with E-state index < -0.39 is 5.97 Å². The van der Waals surface area contributed by atoms with Gasteiger partial charge < -0.3 is 9.84 Å². The fourth-order valence-electron chi connectivity index (χ4n) is 1.72. The summed E-state index contributed by atoms with van der Waals surface area (Å²) in [6, 6.07) is 10.4. The Hall–Kier alpha value is -1.68. The lowest BCUT2D eigenvalue weighted by Crippen LogP contribution is -1.97. The van der Waals surface area contributed by atoms with Crippen LogP contribution in [0.4, 0.5) is 0 Å². The molecule has 0 aliphatic heterocycles. The van der Waals surface area contributed by atoms with E-state index in [-0.39, 0.29) is 0 Å². The molecule has 0 amide bonds. The summed E-state index contributed by atoms with van der Waals surface area (Å²) in [7, 11) is 0. The predicted molar refractivity (Wildman–Crippen MR) is 88.9 cm³/mol. The van der Waals surface area contributed by atoms with Crippen molar-refractivity contribution >= 4 is 46.8 Å². The molecule has 114 valence electrons. The largest absolute Gasteiger partial charge is 0.486 e. The van der Waals surface area contributed by atoms with Crippen LogP contribution in [-0.4, -0.2) is 11.1 Å². The van der Waals surface area contributed by atoms with E-state index in [2.05, 4.69) is 0 Å². The molecule has 6 heteroatoms. The van der Waals surface area contributed by atoms with Gasteiger partial charge in [-0.05, 0) is 41.5 Å². The molecule has 0 fully saturated rings. The third kappa shape index (κ3) is 4.67. The Morgan fingerprint density at radius 2 is 1.68 bits per heavy atom. The lowest BCUT2D eigenvalue weighted by molar-refractivity contribution is -0.131. The molecular weight excluding hydrogens is 347 g/mol. The summed E-state index contributed by atoms with van der Waals surface area (Å²) in [5.41, 5.74) is 1.50. The van der Waals surface area contributed by atoms with Crippen LogP contribution in [0.15, 0.2) is 42.5 Å². The van der Waals surface area contributed by atoms with Crippen LogP contribution in [0, 0.1) is 0 Å². The maximum atomic E-state index is 10.5. The van der Waals surface area contributed by atoms with Gasteiger partial charge in [0.25, 0.3) is 0 Å². The summed E-state index contributed by atoms with van der Waals surface area (Å²) < 4.78 is 5.63. The highest BCUT2D eigenvalue weighted by Gasteiger charge is 2.09. The average molecular weight is 358 g/mol. The van der Waals surface area contributed by atoms with Gasteiger partial charge in [-0.15, -0.1) is 0 Å². The Bertz CT molecular complexity index is 686. The minimum absolute atomic E-state index is 0.293. The van der Waals surface area contributed by atoms with Crippen molar-refractivity contribution in [3.8, 4) is 5.75 Å². The van der Waals surface area contributed by atoms with Gasteiger partial charge in [0.2, 0.25) is 0 Å². The van der Waals surface area contributed by atoms with Gasteiger partial charge in [-0.2, -0.15) is 0 Å².